The largest absolute Gasteiger partial charge is 0.508 e. The molecule has 7 nitrogen and oxygen atoms in total. The highest BCUT2D eigenvalue weighted by Crippen LogP contribution is 2.28. The highest BCUT2D eigenvalue weighted by atomic mass is 79.9. The van der Waals surface area contributed by atoms with Crippen molar-refractivity contribution in [3.05, 3.63) is 64.1 Å². The average molecular weight is 473 g/mol. The number of nitrogens with zero attached hydrogens (tertiary/aromatic N) is 1. The van der Waals surface area contributed by atoms with Crippen LogP contribution in [-0.2, 0) is 20.7 Å². The summed E-state index contributed by atoms with van der Waals surface area (Å²) in [7, 11) is 0. The number of halogens is 1. The van der Waals surface area contributed by atoms with Gasteiger partial charge in [0.2, 0.25) is 5.91 Å². The minimum absolute atomic E-state index is 0.0146. The van der Waals surface area contributed by atoms with E-state index in [0.717, 1.165) is 4.47 Å². The zero-order chi connectivity index (χ0) is 21.3. The van der Waals surface area contributed by atoms with Gasteiger partial charge in [0.25, 0.3) is 5.91 Å². The predicted molar refractivity (Wildman–Crippen MR) is 112 cm³/mol. The van der Waals surface area contributed by atoms with Crippen LogP contribution in [0.15, 0.2) is 53.0 Å². The van der Waals surface area contributed by atoms with Crippen molar-refractivity contribution < 1.29 is 24.2 Å². The molecule has 3 atom stereocenters. The molecule has 2 heterocycles. The lowest BCUT2D eigenvalue weighted by atomic mass is 10.0. The molecule has 2 fully saturated rings. The van der Waals surface area contributed by atoms with Gasteiger partial charge in [0.1, 0.15) is 24.4 Å². The van der Waals surface area contributed by atoms with Gasteiger partial charge in [-0.2, -0.15) is 0 Å². The van der Waals surface area contributed by atoms with Gasteiger partial charge in [-0.05, 0) is 42.3 Å². The summed E-state index contributed by atoms with van der Waals surface area (Å²) in [6.45, 7) is 0.421. The lowest BCUT2D eigenvalue weighted by molar-refractivity contribution is -0.138. The lowest BCUT2D eigenvalue weighted by Crippen LogP contribution is -2.53. The Morgan fingerprint density at radius 3 is 2.80 bits per heavy atom. The first-order valence-electron chi connectivity index (χ1n) is 9.71. The fourth-order valence-corrected chi connectivity index (χ4v) is 4.43. The second-order valence-corrected chi connectivity index (χ2v) is 8.41. The number of hydrogen-bond donors (Lipinski definition) is 2. The SMILES string of the molecule is O=C(NC(Cc1cccc(O)c1)C(=O)N1CCC2OCC(=O)C21)c1cccc(Br)c1. The third-order valence-corrected chi connectivity index (χ3v) is 5.93. The molecule has 2 aromatic carbocycles. The summed E-state index contributed by atoms with van der Waals surface area (Å²) >= 11 is 3.34. The Labute approximate surface area is 182 Å². The Bertz CT molecular complexity index is 995. The Morgan fingerprint density at radius 2 is 2.03 bits per heavy atom. The number of amides is 2. The van der Waals surface area contributed by atoms with Gasteiger partial charge in [-0.25, -0.2) is 0 Å². The third-order valence-electron chi connectivity index (χ3n) is 5.44. The number of nitrogens with one attached hydrogen (secondary N) is 1. The molecule has 3 unspecified atom stereocenters. The molecule has 0 aliphatic carbocycles. The van der Waals surface area contributed by atoms with Crippen molar-refractivity contribution in [3.63, 3.8) is 0 Å². The number of Topliss-reactive ketones (excluding diaryl/α,β-unsaturated/α-hetero) is 1. The van der Waals surface area contributed by atoms with Crippen molar-refractivity contribution in [2.45, 2.75) is 31.0 Å². The van der Waals surface area contributed by atoms with Crippen LogP contribution < -0.4 is 5.32 Å². The van der Waals surface area contributed by atoms with Gasteiger partial charge in [0, 0.05) is 23.0 Å². The Hall–Kier alpha value is -2.71. The van der Waals surface area contributed by atoms with E-state index in [1.165, 1.54) is 4.90 Å². The van der Waals surface area contributed by atoms with Gasteiger partial charge in [0.05, 0.1) is 6.10 Å². The topological polar surface area (TPSA) is 95.9 Å². The molecule has 2 amide bonds. The number of benzene rings is 2. The van der Waals surface area contributed by atoms with Crippen molar-refractivity contribution in [3.8, 4) is 5.75 Å². The molecule has 156 valence electrons. The first-order chi connectivity index (χ1) is 14.4. The number of aromatic hydroxyl groups is 1. The number of hydrogen-bond acceptors (Lipinski definition) is 5. The van der Waals surface area contributed by atoms with Gasteiger partial charge >= 0.3 is 0 Å². The van der Waals surface area contributed by atoms with Gasteiger partial charge in [-0.1, -0.05) is 34.1 Å². The van der Waals surface area contributed by atoms with Crippen molar-refractivity contribution >= 4 is 33.5 Å². The zero-order valence-corrected chi connectivity index (χ0v) is 17.7. The maximum Gasteiger partial charge on any atom is 0.251 e. The number of ketones is 1. The fourth-order valence-electron chi connectivity index (χ4n) is 4.03. The highest BCUT2D eigenvalue weighted by molar-refractivity contribution is 9.10. The van der Waals surface area contributed by atoms with Gasteiger partial charge in [-0.15, -0.1) is 0 Å². The van der Waals surface area contributed by atoms with Crippen LogP contribution in [0.1, 0.15) is 22.3 Å². The van der Waals surface area contributed by atoms with E-state index in [2.05, 4.69) is 21.2 Å². The quantitative estimate of drug-likeness (QED) is 0.694. The van der Waals surface area contributed by atoms with E-state index in [9.17, 15) is 19.5 Å². The molecule has 2 saturated heterocycles. The van der Waals surface area contributed by atoms with Crippen molar-refractivity contribution in [2.24, 2.45) is 0 Å². The van der Waals surface area contributed by atoms with Crippen LogP contribution in [0, 0.1) is 0 Å². The summed E-state index contributed by atoms with van der Waals surface area (Å²) < 4.78 is 6.23. The molecule has 2 N–H and O–H groups in total. The molecule has 2 aliphatic heterocycles. The van der Waals surface area contributed by atoms with E-state index in [-0.39, 0.29) is 42.5 Å². The number of ether oxygens (including phenoxy) is 1. The highest BCUT2D eigenvalue weighted by Gasteiger charge is 2.48. The molecule has 2 aromatic rings. The van der Waals surface area contributed by atoms with Crippen molar-refractivity contribution in [1.29, 1.82) is 0 Å². The summed E-state index contributed by atoms with van der Waals surface area (Å²) in [6.07, 6.45) is 0.514. The Balaban J connectivity index is 1.58. The van der Waals surface area contributed by atoms with Crippen LogP contribution in [0.4, 0.5) is 0 Å². The van der Waals surface area contributed by atoms with Crippen LogP contribution in [0.25, 0.3) is 0 Å². The zero-order valence-electron chi connectivity index (χ0n) is 16.1. The third kappa shape index (κ3) is 4.24. The normalized spacial score (nSPS) is 21.4. The number of phenols is 1. The summed E-state index contributed by atoms with van der Waals surface area (Å²) in [5.74, 6) is -0.745. The summed E-state index contributed by atoms with van der Waals surface area (Å²) in [4.78, 5) is 40.0. The molecule has 4 rings (SSSR count). The summed E-state index contributed by atoms with van der Waals surface area (Å²) in [5, 5.41) is 12.6. The second-order valence-electron chi connectivity index (χ2n) is 7.49. The van der Waals surface area contributed by atoms with Crippen LogP contribution in [0.2, 0.25) is 0 Å². The Kier molecular flexibility index (Phi) is 5.87. The molecule has 0 saturated carbocycles. The maximum absolute atomic E-state index is 13.4. The molecular weight excluding hydrogens is 452 g/mol. The van der Waals surface area contributed by atoms with E-state index in [4.69, 9.17) is 4.74 Å². The van der Waals surface area contributed by atoms with Gasteiger partial charge < -0.3 is 20.1 Å². The van der Waals surface area contributed by atoms with E-state index < -0.39 is 12.1 Å². The minimum Gasteiger partial charge on any atom is -0.508 e. The second kappa shape index (κ2) is 8.57. The molecular formula is C22H21BrN2O5. The maximum atomic E-state index is 13.4. The molecule has 0 aromatic heterocycles. The number of fused-ring (bicyclic) bond motifs is 1. The average Bonchev–Trinajstić information content (AvgIpc) is 3.30. The smallest absolute Gasteiger partial charge is 0.251 e. The first-order valence-corrected chi connectivity index (χ1v) is 10.5. The standard InChI is InChI=1S/C22H21BrN2O5/c23-15-5-2-4-14(11-15)21(28)24-17(10-13-3-1-6-16(26)9-13)22(29)25-8-7-19-20(25)18(27)12-30-19/h1-6,9,11,17,19-20,26H,7-8,10,12H2,(H,24,28). The molecule has 0 bridgehead atoms. The van der Waals surface area contributed by atoms with Crippen LogP contribution in [-0.4, -0.2) is 58.9 Å². The minimum atomic E-state index is -0.884. The van der Waals surface area contributed by atoms with E-state index in [1.54, 1.807) is 42.5 Å². The first kappa shape index (κ1) is 20.6. The summed E-state index contributed by atoms with van der Waals surface area (Å²) in [6, 6.07) is 12.0. The predicted octanol–water partition coefficient (Wildman–Crippen LogP) is 2.06. The van der Waals surface area contributed by atoms with E-state index in [0.29, 0.717) is 24.1 Å². The number of phenolic OH excluding ortho intramolecular Hbond substituents is 1. The molecule has 8 heteroatoms. The Morgan fingerprint density at radius 1 is 1.23 bits per heavy atom. The number of carbonyl (C=O) groups is 3. The van der Waals surface area contributed by atoms with Crippen LogP contribution in [0.3, 0.4) is 0 Å². The molecule has 2 aliphatic rings. The van der Waals surface area contributed by atoms with Crippen LogP contribution in [0.5, 0.6) is 5.75 Å². The molecule has 0 spiro atoms. The van der Waals surface area contributed by atoms with Gasteiger partial charge in [-0.3, -0.25) is 14.4 Å². The number of rotatable bonds is 5. The number of likely N-dealkylation sites (tertiary alicyclic amines) is 1. The van der Waals surface area contributed by atoms with Crippen molar-refractivity contribution in [2.75, 3.05) is 13.2 Å². The number of carbonyl (C=O) groups excluding carboxylic acids is 3. The molecule has 0 radical (unpaired) electrons. The monoisotopic (exact) mass is 472 g/mol. The van der Waals surface area contributed by atoms with Gasteiger partial charge in [0.15, 0.2) is 5.78 Å². The lowest BCUT2D eigenvalue weighted by Gasteiger charge is -2.27. The van der Waals surface area contributed by atoms with Crippen LogP contribution >= 0.6 is 15.9 Å². The summed E-state index contributed by atoms with van der Waals surface area (Å²) in [5.41, 5.74) is 1.12. The van der Waals surface area contributed by atoms with E-state index in [1.807, 2.05) is 6.07 Å². The van der Waals surface area contributed by atoms with E-state index >= 15 is 0 Å². The fraction of sp³-hybridized carbons (Fsp3) is 0.318. The van der Waals surface area contributed by atoms with Crippen molar-refractivity contribution in [1.82, 2.24) is 10.2 Å². The molecule has 30 heavy (non-hydrogen) atoms.